The van der Waals surface area contributed by atoms with Gasteiger partial charge in [0.25, 0.3) is 6.29 Å². The first-order valence-electron chi connectivity index (χ1n) is 4.84. The Labute approximate surface area is 110 Å². The minimum atomic E-state index is -0.556. The van der Waals surface area contributed by atoms with Crippen LogP contribution in [0.1, 0.15) is 5.56 Å². The van der Waals surface area contributed by atoms with Gasteiger partial charge in [-0.2, -0.15) is 0 Å². The number of hydrogen-bond acceptors (Lipinski definition) is 1. The minimum absolute atomic E-state index is 0.0276. The molecule has 0 aromatic heterocycles. The van der Waals surface area contributed by atoms with Crippen molar-refractivity contribution in [2.45, 2.75) is 6.29 Å². The zero-order valence-corrected chi connectivity index (χ0v) is 12.3. The van der Waals surface area contributed by atoms with Gasteiger partial charge < -0.3 is 9.47 Å². The monoisotopic (exact) mass is 321 g/mol. The Balaban J connectivity index is 0.000000386. The van der Waals surface area contributed by atoms with Crippen molar-refractivity contribution in [1.29, 1.82) is 0 Å². The molecule has 2 radical (unpaired) electrons. The van der Waals surface area contributed by atoms with Crippen molar-refractivity contribution in [2.75, 3.05) is 13.2 Å². The second kappa shape index (κ2) is 9.08. The molecule has 0 amide bonds. The summed E-state index contributed by atoms with van der Waals surface area (Å²) in [6.07, 6.45) is 4.00. The summed E-state index contributed by atoms with van der Waals surface area (Å²) in [5.41, 5.74) is 1.19. The molecule has 0 spiro atoms. The third-order valence-corrected chi connectivity index (χ3v) is 1.94. The van der Waals surface area contributed by atoms with Crippen LogP contribution in [-0.2, 0) is 4.74 Å². The summed E-state index contributed by atoms with van der Waals surface area (Å²) in [6.45, 7) is 1.58. The molecule has 0 saturated carbocycles. The van der Waals surface area contributed by atoms with Crippen LogP contribution >= 0.6 is 20.0 Å². The maximum absolute atomic E-state index is 5.32. The van der Waals surface area contributed by atoms with E-state index in [1.165, 1.54) is 5.56 Å². The summed E-state index contributed by atoms with van der Waals surface area (Å²) in [7, 11) is 9.78. The van der Waals surface area contributed by atoms with Crippen LogP contribution in [0.2, 0.25) is 0 Å². The van der Waals surface area contributed by atoms with Gasteiger partial charge in [0.05, 0.1) is 0 Å². The fourth-order valence-electron chi connectivity index (χ4n) is 1.28. The molecule has 0 bridgehead atoms. The molecule has 16 heavy (non-hydrogen) atoms. The first-order valence-corrected chi connectivity index (χ1v) is 10.4. The predicted molar refractivity (Wildman–Crippen MR) is 69.8 cm³/mol. The van der Waals surface area contributed by atoms with Crippen LogP contribution in [0, 0.1) is 0 Å². The number of halogens is 2. The summed E-state index contributed by atoms with van der Waals surface area (Å²) < 4.78 is 9.56. The molecule has 1 aromatic rings. The Kier molecular flexibility index (Phi) is 7.98. The fraction of sp³-hybridized carbons (Fsp3) is 0.273. The average molecular weight is 321 g/mol. The summed E-state index contributed by atoms with van der Waals surface area (Å²) >= 11 is -0.556. The Morgan fingerprint density at radius 2 is 2.00 bits per heavy atom. The quantitative estimate of drug-likeness (QED) is 0.606. The van der Waals surface area contributed by atoms with Crippen molar-refractivity contribution in [3.8, 4) is 0 Å². The molecule has 1 heterocycles. The van der Waals surface area contributed by atoms with Gasteiger partial charge in [0.1, 0.15) is 6.61 Å². The third kappa shape index (κ3) is 5.92. The van der Waals surface area contributed by atoms with E-state index in [1.54, 1.807) is 0 Å². The predicted octanol–water partition coefficient (Wildman–Crippen LogP) is 2.58. The third-order valence-electron chi connectivity index (χ3n) is 1.94. The molecule has 1 N–H and O–H groups in total. The van der Waals surface area contributed by atoms with Crippen molar-refractivity contribution in [3.05, 3.63) is 42.0 Å². The molecule has 1 aliphatic rings. The Morgan fingerprint density at radius 1 is 1.31 bits per heavy atom. The molecule has 2 rings (SSSR count). The van der Waals surface area contributed by atoms with Gasteiger partial charge in [-0.25, -0.2) is 0 Å². The number of benzene rings is 1. The molecule has 1 aromatic carbocycles. The number of aliphatic hydroxyl groups is 2. The zero-order valence-electron chi connectivity index (χ0n) is 8.64. The van der Waals surface area contributed by atoms with Crippen LogP contribution in [0.5, 0.6) is 0 Å². The summed E-state index contributed by atoms with van der Waals surface area (Å²) in [5.74, 6) is 0. The molecule has 1 saturated heterocycles. The molecule has 2 nitrogen and oxygen atoms in total. The van der Waals surface area contributed by atoms with Crippen molar-refractivity contribution in [3.63, 3.8) is 0 Å². The van der Waals surface area contributed by atoms with Crippen molar-refractivity contribution in [1.82, 2.24) is 0 Å². The molecule has 86 valence electrons. The van der Waals surface area contributed by atoms with Crippen molar-refractivity contribution < 1.29 is 9.47 Å². The zero-order chi connectivity index (χ0) is 11.6. The van der Waals surface area contributed by atoms with Crippen molar-refractivity contribution in [2.24, 2.45) is 0 Å². The molecule has 1 atom stereocenters. The first kappa shape index (κ1) is 14.1. The standard InChI is InChI=1S/C11H12O2.Cl2Ge/c1-2-4-10(5-3-1)6-7-11-12-8-9-13-11;1-3-2/h1-7,11H,8-9H2;/p+1/b7-6+;. The van der Waals surface area contributed by atoms with Gasteiger partial charge in [-0.05, 0) is 11.6 Å². The topological polar surface area (TPSA) is 22.0 Å². The maximum atomic E-state index is 5.32. The SMILES string of the molecule is C(=C\C1OCC[OH+]1)/c1ccccc1.[Cl][Ge][Cl]. The van der Waals surface area contributed by atoms with E-state index < -0.39 is 13.6 Å². The van der Waals surface area contributed by atoms with Gasteiger partial charge >= 0.3 is 33.6 Å². The van der Waals surface area contributed by atoms with Crippen LogP contribution in [0.15, 0.2) is 36.4 Å². The molecule has 1 aliphatic heterocycles. The van der Waals surface area contributed by atoms with Crippen molar-refractivity contribution >= 4 is 39.7 Å². The van der Waals surface area contributed by atoms with E-state index in [2.05, 4.69) is 16.9 Å². The second-order valence-electron chi connectivity index (χ2n) is 3.01. The number of ether oxygens (including phenoxy) is 2. The Hall–Kier alpha value is 0.00286. The van der Waals surface area contributed by atoms with E-state index in [9.17, 15) is 0 Å². The summed E-state index contributed by atoms with van der Waals surface area (Å²) in [6, 6.07) is 10.2. The van der Waals surface area contributed by atoms with E-state index in [0.717, 1.165) is 13.2 Å². The average Bonchev–Trinajstić information content (AvgIpc) is 2.82. The van der Waals surface area contributed by atoms with Gasteiger partial charge in [-0.15, -0.1) is 0 Å². The van der Waals surface area contributed by atoms with E-state index in [0.29, 0.717) is 0 Å². The van der Waals surface area contributed by atoms with E-state index in [-0.39, 0.29) is 6.29 Å². The fourth-order valence-corrected chi connectivity index (χ4v) is 1.28. The second-order valence-corrected chi connectivity index (χ2v) is 6.28. The van der Waals surface area contributed by atoms with Crippen LogP contribution in [0.25, 0.3) is 6.08 Å². The van der Waals surface area contributed by atoms with Gasteiger partial charge in [0.15, 0.2) is 6.61 Å². The van der Waals surface area contributed by atoms with Crippen LogP contribution in [-0.4, -0.2) is 37.8 Å². The Morgan fingerprint density at radius 3 is 2.56 bits per heavy atom. The van der Waals surface area contributed by atoms with Crippen LogP contribution in [0.4, 0.5) is 0 Å². The molecular weight excluding hydrogens is 308 g/mol. The Bertz CT molecular complexity index is 300. The molecule has 5 heteroatoms. The summed E-state index contributed by atoms with van der Waals surface area (Å²) in [5, 5.41) is 0. The van der Waals surface area contributed by atoms with Gasteiger partial charge in [0, 0.05) is 6.08 Å². The van der Waals surface area contributed by atoms with Crippen LogP contribution in [0.3, 0.4) is 0 Å². The summed E-state index contributed by atoms with van der Waals surface area (Å²) in [4.78, 5) is 0. The number of rotatable bonds is 2. The number of hydrogen-bond donors (Lipinski definition) is 0. The van der Waals surface area contributed by atoms with E-state index in [4.69, 9.17) is 24.8 Å². The van der Waals surface area contributed by atoms with E-state index in [1.807, 2.05) is 30.4 Å². The molecule has 0 aliphatic carbocycles. The first-order chi connectivity index (χ1) is 7.86. The molecular formula is C11H13Cl2GeO2+. The van der Waals surface area contributed by atoms with Gasteiger partial charge in [-0.1, -0.05) is 30.3 Å². The molecule has 1 unspecified atom stereocenters. The normalized spacial score (nSPS) is 19.5. The van der Waals surface area contributed by atoms with Crippen LogP contribution < -0.4 is 0 Å². The van der Waals surface area contributed by atoms with Gasteiger partial charge in [-0.3, -0.25) is 0 Å². The molecule has 1 fully saturated rings. The van der Waals surface area contributed by atoms with Gasteiger partial charge in [0.2, 0.25) is 0 Å². The van der Waals surface area contributed by atoms with E-state index >= 15 is 0 Å².